The molecular formula is C12H29NO. The fourth-order valence-corrected chi connectivity index (χ4v) is 1.09. The van der Waals surface area contributed by atoms with Crippen molar-refractivity contribution in [1.29, 1.82) is 0 Å². The summed E-state index contributed by atoms with van der Waals surface area (Å²) >= 11 is 0. The van der Waals surface area contributed by atoms with Gasteiger partial charge < -0.3 is 9.64 Å². The van der Waals surface area contributed by atoms with Crippen molar-refractivity contribution in [3.05, 3.63) is 0 Å². The minimum Gasteiger partial charge on any atom is -0.380 e. The average molecular weight is 203 g/mol. The molecule has 0 radical (unpaired) electrons. The van der Waals surface area contributed by atoms with E-state index in [1.54, 1.807) is 0 Å². The number of rotatable bonds is 3. The molecule has 0 saturated carbocycles. The lowest BCUT2D eigenvalue weighted by atomic mass is 9.85. The molecule has 0 atom stereocenters. The lowest BCUT2D eigenvalue weighted by Gasteiger charge is -2.38. The summed E-state index contributed by atoms with van der Waals surface area (Å²) in [5, 5.41) is 0. The fraction of sp³-hybridized carbons (Fsp3) is 1.00. The van der Waals surface area contributed by atoms with Crippen LogP contribution in [0.5, 0.6) is 0 Å². The molecule has 1 rings (SSSR count). The lowest BCUT2D eigenvalue weighted by molar-refractivity contribution is -0.107. The van der Waals surface area contributed by atoms with Crippen LogP contribution < -0.4 is 0 Å². The molecule has 0 aromatic heterocycles. The van der Waals surface area contributed by atoms with Crippen LogP contribution in [-0.2, 0) is 4.74 Å². The predicted octanol–water partition coefficient (Wildman–Crippen LogP) is 3.03. The Morgan fingerprint density at radius 3 is 1.71 bits per heavy atom. The third-order valence-electron chi connectivity index (χ3n) is 2.06. The second-order valence-electron chi connectivity index (χ2n) is 3.86. The van der Waals surface area contributed by atoms with Gasteiger partial charge in [0, 0.05) is 5.41 Å². The molecule has 0 spiro atoms. The molecule has 0 unspecified atom stereocenters. The fourth-order valence-electron chi connectivity index (χ4n) is 1.09. The van der Waals surface area contributed by atoms with Crippen LogP contribution in [0.15, 0.2) is 0 Å². The topological polar surface area (TPSA) is 12.5 Å². The Kier molecular flexibility index (Phi) is 11.1. The summed E-state index contributed by atoms with van der Waals surface area (Å²) in [6.45, 7) is 13.4. The van der Waals surface area contributed by atoms with Crippen molar-refractivity contribution >= 4 is 0 Å². The molecule has 2 heteroatoms. The Bertz CT molecular complexity index is 109. The first kappa shape index (κ1) is 16.4. The number of ether oxygens (including phenoxy) is 1. The van der Waals surface area contributed by atoms with Gasteiger partial charge in [-0.2, -0.15) is 0 Å². The Hall–Kier alpha value is -0.0800. The molecule has 0 N–H and O–H groups in total. The third-order valence-corrected chi connectivity index (χ3v) is 2.06. The summed E-state index contributed by atoms with van der Waals surface area (Å²) in [6, 6.07) is 0. The first-order chi connectivity index (χ1) is 6.62. The van der Waals surface area contributed by atoms with E-state index in [1.165, 1.54) is 13.0 Å². The van der Waals surface area contributed by atoms with Gasteiger partial charge in [0.05, 0.1) is 13.2 Å². The summed E-state index contributed by atoms with van der Waals surface area (Å²) in [4.78, 5) is 2.23. The van der Waals surface area contributed by atoms with Crippen LogP contribution in [0.3, 0.4) is 0 Å². The maximum atomic E-state index is 5.15. The van der Waals surface area contributed by atoms with Gasteiger partial charge in [0.15, 0.2) is 0 Å². The summed E-state index contributed by atoms with van der Waals surface area (Å²) in [6.07, 6.45) is 1.26. The van der Waals surface area contributed by atoms with Gasteiger partial charge in [-0.3, -0.25) is 0 Å². The SMILES string of the molecule is CC.CC.CN(C)CCC1(C)COC1. The van der Waals surface area contributed by atoms with E-state index in [9.17, 15) is 0 Å². The Balaban J connectivity index is 0. The molecule has 0 aliphatic carbocycles. The largest absolute Gasteiger partial charge is 0.380 e. The van der Waals surface area contributed by atoms with Gasteiger partial charge in [-0.05, 0) is 27.1 Å². The summed E-state index contributed by atoms with van der Waals surface area (Å²) < 4.78 is 5.15. The van der Waals surface area contributed by atoms with Gasteiger partial charge in [0.2, 0.25) is 0 Å². The van der Waals surface area contributed by atoms with Crippen molar-refractivity contribution in [2.75, 3.05) is 33.9 Å². The van der Waals surface area contributed by atoms with Gasteiger partial charge in [0.1, 0.15) is 0 Å². The molecule has 1 aliphatic rings. The second kappa shape index (κ2) is 9.47. The van der Waals surface area contributed by atoms with Crippen molar-refractivity contribution in [2.45, 2.75) is 41.0 Å². The molecule has 1 aliphatic heterocycles. The van der Waals surface area contributed by atoms with E-state index in [0.717, 1.165) is 13.2 Å². The van der Waals surface area contributed by atoms with Crippen LogP contribution >= 0.6 is 0 Å². The molecule has 2 nitrogen and oxygen atoms in total. The average Bonchev–Trinajstić information content (AvgIpc) is 2.18. The molecule has 0 aromatic carbocycles. The molecule has 1 saturated heterocycles. The Labute approximate surface area is 90.6 Å². The zero-order valence-corrected chi connectivity index (χ0v) is 11.2. The molecule has 1 heterocycles. The van der Waals surface area contributed by atoms with E-state index < -0.39 is 0 Å². The minimum atomic E-state index is 0.490. The maximum Gasteiger partial charge on any atom is 0.0542 e. The molecule has 0 amide bonds. The van der Waals surface area contributed by atoms with Gasteiger partial charge in [-0.25, -0.2) is 0 Å². The van der Waals surface area contributed by atoms with Crippen LogP contribution in [0.1, 0.15) is 41.0 Å². The standard InChI is InChI=1S/C8H17NO.2C2H6/c1-8(6-10-7-8)4-5-9(2)3;2*1-2/h4-7H2,1-3H3;2*1-2H3. The highest BCUT2D eigenvalue weighted by atomic mass is 16.5. The van der Waals surface area contributed by atoms with Gasteiger partial charge in [-0.1, -0.05) is 34.6 Å². The molecule has 0 aromatic rings. The Morgan fingerprint density at radius 1 is 1.07 bits per heavy atom. The maximum absolute atomic E-state index is 5.15. The monoisotopic (exact) mass is 203 g/mol. The van der Waals surface area contributed by atoms with Crippen LogP contribution in [0.25, 0.3) is 0 Å². The predicted molar refractivity (Wildman–Crippen MR) is 64.8 cm³/mol. The first-order valence-electron chi connectivity index (χ1n) is 5.85. The molecular weight excluding hydrogens is 174 g/mol. The van der Waals surface area contributed by atoms with E-state index in [2.05, 4.69) is 25.9 Å². The zero-order chi connectivity index (χ0) is 11.6. The van der Waals surface area contributed by atoms with Crippen LogP contribution in [-0.4, -0.2) is 38.8 Å². The van der Waals surface area contributed by atoms with E-state index in [-0.39, 0.29) is 0 Å². The van der Waals surface area contributed by atoms with Crippen LogP contribution in [0, 0.1) is 5.41 Å². The zero-order valence-electron chi connectivity index (χ0n) is 11.2. The van der Waals surface area contributed by atoms with Crippen LogP contribution in [0.4, 0.5) is 0 Å². The van der Waals surface area contributed by atoms with E-state index in [4.69, 9.17) is 4.74 Å². The van der Waals surface area contributed by atoms with E-state index >= 15 is 0 Å². The van der Waals surface area contributed by atoms with Gasteiger partial charge in [0.25, 0.3) is 0 Å². The normalized spacial score (nSPS) is 17.1. The minimum absolute atomic E-state index is 0.490. The highest BCUT2D eigenvalue weighted by Crippen LogP contribution is 2.30. The molecule has 14 heavy (non-hydrogen) atoms. The summed E-state index contributed by atoms with van der Waals surface area (Å²) in [7, 11) is 4.23. The summed E-state index contributed by atoms with van der Waals surface area (Å²) in [5.41, 5.74) is 0.490. The number of hydrogen-bond donors (Lipinski definition) is 0. The first-order valence-corrected chi connectivity index (χ1v) is 5.85. The van der Waals surface area contributed by atoms with Crippen molar-refractivity contribution in [2.24, 2.45) is 5.41 Å². The lowest BCUT2D eigenvalue weighted by Crippen LogP contribution is -2.41. The van der Waals surface area contributed by atoms with Crippen LogP contribution in [0.2, 0.25) is 0 Å². The molecule has 88 valence electrons. The Morgan fingerprint density at radius 2 is 1.50 bits per heavy atom. The highest BCUT2D eigenvalue weighted by molar-refractivity contribution is 4.80. The highest BCUT2D eigenvalue weighted by Gasteiger charge is 2.32. The second-order valence-corrected chi connectivity index (χ2v) is 3.86. The van der Waals surface area contributed by atoms with Crippen molar-refractivity contribution < 1.29 is 4.74 Å². The summed E-state index contributed by atoms with van der Waals surface area (Å²) in [5.74, 6) is 0. The van der Waals surface area contributed by atoms with E-state index in [0.29, 0.717) is 5.41 Å². The number of nitrogens with zero attached hydrogens (tertiary/aromatic N) is 1. The molecule has 0 bridgehead atoms. The van der Waals surface area contributed by atoms with Gasteiger partial charge in [-0.15, -0.1) is 0 Å². The third kappa shape index (κ3) is 7.34. The quantitative estimate of drug-likeness (QED) is 0.699. The van der Waals surface area contributed by atoms with Crippen molar-refractivity contribution in [1.82, 2.24) is 4.90 Å². The number of hydrogen-bond acceptors (Lipinski definition) is 2. The van der Waals surface area contributed by atoms with Crippen molar-refractivity contribution in [3.63, 3.8) is 0 Å². The smallest absolute Gasteiger partial charge is 0.0542 e. The van der Waals surface area contributed by atoms with Gasteiger partial charge >= 0.3 is 0 Å². The molecule has 1 fully saturated rings. The van der Waals surface area contributed by atoms with E-state index in [1.807, 2.05) is 27.7 Å². The van der Waals surface area contributed by atoms with Crippen molar-refractivity contribution in [3.8, 4) is 0 Å².